The summed E-state index contributed by atoms with van der Waals surface area (Å²) in [6.07, 6.45) is 1.72. The molecule has 1 heterocycles. The molecule has 1 amide bonds. The van der Waals surface area contributed by atoms with Gasteiger partial charge in [0.05, 0.1) is 0 Å². The van der Waals surface area contributed by atoms with Gasteiger partial charge in [-0.05, 0) is 44.4 Å². The topological polar surface area (TPSA) is 58.4 Å². The molecule has 1 atom stereocenters. The van der Waals surface area contributed by atoms with E-state index in [2.05, 4.69) is 24.4 Å². The van der Waals surface area contributed by atoms with Crippen molar-refractivity contribution in [1.82, 2.24) is 4.90 Å². The Morgan fingerprint density at radius 1 is 1.08 bits per heavy atom. The SMILES string of the molecule is Cc1ccc(N[C@@](C)(C(=O)N2CCC(N)CC2)c2ccccc2)cc1. The molecule has 1 aliphatic heterocycles. The number of benzene rings is 2. The molecule has 0 saturated carbocycles. The van der Waals surface area contributed by atoms with Gasteiger partial charge in [0.15, 0.2) is 0 Å². The van der Waals surface area contributed by atoms with Gasteiger partial charge in [0.25, 0.3) is 5.91 Å². The number of piperidine rings is 1. The molecule has 132 valence electrons. The minimum absolute atomic E-state index is 0.103. The van der Waals surface area contributed by atoms with E-state index in [1.54, 1.807) is 0 Å². The highest BCUT2D eigenvalue weighted by molar-refractivity contribution is 5.90. The summed E-state index contributed by atoms with van der Waals surface area (Å²) in [6, 6.07) is 18.3. The summed E-state index contributed by atoms with van der Waals surface area (Å²) in [5, 5.41) is 3.48. The first-order valence-corrected chi connectivity index (χ1v) is 8.94. The molecule has 1 aliphatic rings. The number of rotatable bonds is 4. The molecule has 3 rings (SSSR count). The van der Waals surface area contributed by atoms with Crippen LogP contribution in [-0.2, 0) is 10.3 Å². The van der Waals surface area contributed by atoms with Crippen molar-refractivity contribution in [3.63, 3.8) is 0 Å². The number of aryl methyl sites for hydroxylation is 1. The predicted octanol–water partition coefficient (Wildman–Crippen LogP) is 3.27. The molecule has 1 fully saturated rings. The second kappa shape index (κ2) is 7.28. The summed E-state index contributed by atoms with van der Waals surface area (Å²) in [5.41, 5.74) is 8.30. The molecule has 0 spiro atoms. The number of nitrogens with zero attached hydrogens (tertiary/aromatic N) is 1. The maximum Gasteiger partial charge on any atom is 0.252 e. The van der Waals surface area contributed by atoms with Crippen LogP contribution in [0.5, 0.6) is 0 Å². The third kappa shape index (κ3) is 3.85. The molecule has 0 aromatic heterocycles. The molecule has 0 aliphatic carbocycles. The third-order valence-corrected chi connectivity index (χ3v) is 5.05. The molecule has 4 nitrogen and oxygen atoms in total. The van der Waals surface area contributed by atoms with Gasteiger partial charge in [-0.1, -0.05) is 48.0 Å². The van der Waals surface area contributed by atoms with Crippen molar-refractivity contribution in [2.45, 2.75) is 38.3 Å². The standard InChI is InChI=1S/C21H27N3O/c1-16-8-10-19(11-9-16)23-21(2,17-6-4-3-5-7-17)20(25)24-14-12-18(22)13-15-24/h3-11,18,23H,12-15,22H2,1-2H3/t21-/m1/s1. The molecule has 0 bridgehead atoms. The third-order valence-electron chi connectivity index (χ3n) is 5.05. The maximum atomic E-state index is 13.4. The first-order valence-electron chi connectivity index (χ1n) is 8.94. The second-order valence-corrected chi connectivity index (χ2v) is 7.11. The molecule has 0 unspecified atom stereocenters. The van der Waals surface area contributed by atoms with E-state index in [1.807, 2.05) is 54.3 Å². The fraction of sp³-hybridized carbons (Fsp3) is 0.381. The lowest BCUT2D eigenvalue weighted by molar-refractivity contribution is -0.136. The quantitative estimate of drug-likeness (QED) is 0.900. The van der Waals surface area contributed by atoms with Gasteiger partial charge in [0.1, 0.15) is 5.54 Å². The Kier molecular flexibility index (Phi) is 5.09. The van der Waals surface area contributed by atoms with E-state index in [0.717, 1.165) is 37.2 Å². The lowest BCUT2D eigenvalue weighted by Crippen LogP contribution is -2.53. The normalized spacial score (nSPS) is 17.8. The lowest BCUT2D eigenvalue weighted by atomic mass is 9.88. The molecule has 2 aromatic rings. The molecular weight excluding hydrogens is 310 g/mol. The average molecular weight is 337 g/mol. The number of amides is 1. The summed E-state index contributed by atoms with van der Waals surface area (Å²) < 4.78 is 0. The van der Waals surface area contributed by atoms with Crippen molar-refractivity contribution in [2.75, 3.05) is 18.4 Å². The van der Waals surface area contributed by atoms with Crippen LogP contribution in [0.2, 0.25) is 0 Å². The van der Waals surface area contributed by atoms with Gasteiger partial charge < -0.3 is 16.0 Å². The fourth-order valence-electron chi connectivity index (χ4n) is 3.36. The fourth-order valence-corrected chi connectivity index (χ4v) is 3.36. The van der Waals surface area contributed by atoms with Crippen molar-refractivity contribution in [3.8, 4) is 0 Å². The smallest absolute Gasteiger partial charge is 0.252 e. The van der Waals surface area contributed by atoms with E-state index in [1.165, 1.54) is 5.56 Å². The highest BCUT2D eigenvalue weighted by atomic mass is 16.2. The predicted molar refractivity (Wildman–Crippen MR) is 102 cm³/mol. The summed E-state index contributed by atoms with van der Waals surface area (Å²) in [5.74, 6) is 0.103. The number of carbonyl (C=O) groups excluding carboxylic acids is 1. The molecule has 0 radical (unpaired) electrons. The Morgan fingerprint density at radius 3 is 2.28 bits per heavy atom. The summed E-state index contributed by atoms with van der Waals surface area (Å²) in [4.78, 5) is 15.4. The zero-order valence-electron chi connectivity index (χ0n) is 15.0. The number of nitrogens with one attached hydrogen (secondary N) is 1. The van der Waals surface area contributed by atoms with Crippen molar-refractivity contribution in [1.29, 1.82) is 0 Å². The zero-order chi connectivity index (χ0) is 17.9. The molecule has 3 N–H and O–H groups in total. The van der Waals surface area contributed by atoms with E-state index in [0.29, 0.717) is 0 Å². The zero-order valence-corrected chi connectivity index (χ0v) is 15.0. The number of carbonyl (C=O) groups is 1. The first-order chi connectivity index (χ1) is 12.0. The summed E-state index contributed by atoms with van der Waals surface area (Å²) in [7, 11) is 0. The van der Waals surface area contributed by atoms with Crippen LogP contribution >= 0.6 is 0 Å². The molecule has 1 saturated heterocycles. The second-order valence-electron chi connectivity index (χ2n) is 7.11. The van der Waals surface area contributed by atoms with Crippen LogP contribution in [0.3, 0.4) is 0 Å². The first kappa shape index (κ1) is 17.5. The Balaban J connectivity index is 1.91. The Bertz CT molecular complexity index is 706. The Morgan fingerprint density at radius 2 is 1.68 bits per heavy atom. The number of likely N-dealkylation sites (tertiary alicyclic amines) is 1. The van der Waals surface area contributed by atoms with Crippen LogP contribution in [0, 0.1) is 6.92 Å². The summed E-state index contributed by atoms with van der Waals surface area (Å²) >= 11 is 0. The van der Waals surface area contributed by atoms with Crippen LogP contribution in [-0.4, -0.2) is 29.9 Å². The van der Waals surface area contributed by atoms with E-state index >= 15 is 0 Å². The highest BCUT2D eigenvalue weighted by Gasteiger charge is 2.39. The monoisotopic (exact) mass is 337 g/mol. The highest BCUT2D eigenvalue weighted by Crippen LogP contribution is 2.29. The van der Waals surface area contributed by atoms with Crippen LogP contribution < -0.4 is 11.1 Å². The molecule has 2 aromatic carbocycles. The summed E-state index contributed by atoms with van der Waals surface area (Å²) in [6.45, 7) is 5.47. The van der Waals surface area contributed by atoms with Crippen LogP contribution in [0.25, 0.3) is 0 Å². The van der Waals surface area contributed by atoms with Crippen molar-refractivity contribution >= 4 is 11.6 Å². The molecule has 4 heteroatoms. The van der Waals surface area contributed by atoms with Gasteiger partial charge >= 0.3 is 0 Å². The van der Waals surface area contributed by atoms with E-state index in [9.17, 15) is 4.79 Å². The number of nitrogens with two attached hydrogens (primary N) is 1. The van der Waals surface area contributed by atoms with Gasteiger partial charge in [-0.2, -0.15) is 0 Å². The number of anilines is 1. The molecule has 25 heavy (non-hydrogen) atoms. The van der Waals surface area contributed by atoms with Gasteiger partial charge in [0, 0.05) is 24.8 Å². The van der Waals surface area contributed by atoms with Gasteiger partial charge in [-0.3, -0.25) is 4.79 Å². The van der Waals surface area contributed by atoms with E-state index < -0.39 is 5.54 Å². The maximum absolute atomic E-state index is 13.4. The van der Waals surface area contributed by atoms with Gasteiger partial charge in [0.2, 0.25) is 0 Å². The van der Waals surface area contributed by atoms with Crippen LogP contribution in [0.1, 0.15) is 30.9 Å². The minimum atomic E-state index is -0.808. The van der Waals surface area contributed by atoms with Crippen molar-refractivity contribution in [2.24, 2.45) is 5.73 Å². The Labute approximate surface area is 150 Å². The van der Waals surface area contributed by atoms with E-state index in [4.69, 9.17) is 5.73 Å². The number of hydrogen-bond donors (Lipinski definition) is 2. The molecular formula is C21H27N3O. The lowest BCUT2D eigenvalue weighted by Gasteiger charge is -2.39. The van der Waals surface area contributed by atoms with Crippen LogP contribution in [0.15, 0.2) is 54.6 Å². The van der Waals surface area contributed by atoms with Gasteiger partial charge in [-0.15, -0.1) is 0 Å². The van der Waals surface area contributed by atoms with Crippen molar-refractivity contribution in [3.05, 3.63) is 65.7 Å². The van der Waals surface area contributed by atoms with Crippen molar-refractivity contribution < 1.29 is 4.79 Å². The minimum Gasteiger partial charge on any atom is -0.368 e. The van der Waals surface area contributed by atoms with E-state index in [-0.39, 0.29) is 11.9 Å². The Hall–Kier alpha value is -2.33. The average Bonchev–Trinajstić information content (AvgIpc) is 2.64. The number of hydrogen-bond acceptors (Lipinski definition) is 3. The van der Waals surface area contributed by atoms with Gasteiger partial charge in [-0.25, -0.2) is 0 Å². The van der Waals surface area contributed by atoms with Crippen LogP contribution in [0.4, 0.5) is 5.69 Å². The largest absolute Gasteiger partial charge is 0.368 e.